The Labute approximate surface area is 310 Å². The number of nitrogens with zero attached hydrogens (tertiary/aromatic N) is 1. The van der Waals surface area contributed by atoms with Crippen LogP contribution in [0.15, 0.2) is 30.3 Å². The summed E-state index contributed by atoms with van der Waals surface area (Å²) in [6.45, 7) is 6.69. The lowest BCUT2D eigenvalue weighted by molar-refractivity contribution is -0.143. The number of methoxy groups -OCH3 is 1. The normalized spacial score (nSPS) is 29.7. The number of aliphatic hydroxyl groups is 1. The quantitative estimate of drug-likeness (QED) is 0.165. The molecule has 0 spiro atoms. The zero-order valence-corrected chi connectivity index (χ0v) is 31.2. The van der Waals surface area contributed by atoms with Crippen LogP contribution in [-0.2, 0) is 44.7 Å². The van der Waals surface area contributed by atoms with Crippen molar-refractivity contribution in [3.63, 3.8) is 0 Å². The lowest BCUT2D eigenvalue weighted by Gasteiger charge is -2.31. The molecule has 292 valence electrons. The van der Waals surface area contributed by atoms with Crippen LogP contribution in [0.1, 0.15) is 71.8 Å². The van der Waals surface area contributed by atoms with E-state index in [-0.39, 0.29) is 50.7 Å². The Morgan fingerprint density at radius 2 is 1.58 bits per heavy atom. The molecule has 7 N–H and O–H groups in total. The smallest absolute Gasteiger partial charge is 0.246 e. The molecule has 1 unspecified atom stereocenters. The molecule has 16 nitrogen and oxygen atoms in total. The van der Waals surface area contributed by atoms with E-state index in [1.54, 1.807) is 30.3 Å². The maximum Gasteiger partial charge on any atom is 0.246 e. The summed E-state index contributed by atoms with van der Waals surface area (Å²) in [4.78, 5) is 97.1. The molecule has 1 aromatic carbocycles. The Bertz CT molecular complexity index is 1490. The van der Waals surface area contributed by atoms with E-state index < -0.39 is 89.8 Å². The molecule has 1 aliphatic carbocycles. The number of ether oxygens (including phenoxy) is 1. The van der Waals surface area contributed by atoms with E-state index in [0.717, 1.165) is 0 Å². The standard InChI is InChI=1S/C37H55N7O9/c1-20(2)16-27-34(49)43-31(22(4)45)36(51)42-28(17-23-10-7-6-8-11-23)37(52)44-19-24(39-30(46)14-15-53-5)18-29(44)35(50)38-21(3)32(47)40-26-13-9-12-25(26)33(48)41-27/h6-8,10-11,20-22,24-29,31,45H,9,12-19H2,1-5H3,(H,38,50)(H,39,46)(H,40,47)(H,41,48)(H,42,51)(H,43,49)/t21-,22+,24+,25+,26+,27-,28-,29?,31-/m0/s1. The monoisotopic (exact) mass is 741 g/mol. The second-order valence-electron chi connectivity index (χ2n) is 14.8. The summed E-state index contributed by atoms with van der Waals surface area (Å²) in [5.41, 5.74) is 0.683. The zero-order valence-electron chi connectivity index (χ0n) is 31.2. The molecule has 2 saturated heterocycles. The van der Waals surface area contributed by atoms with Gasteiger partial charge in [0.2, 0.25) is 41.4 Å². The van der Waals surface area contributed by atoms with Crippen LogP contribution in [0.25, 0.3) is 0 Å². The minimum Gasteiger partial charge on any atom is -0.391 e. The van der Waals surface area contributed by atoms with Gasteiger partial charge >= 0.3 is 0 Å². The van der Waals surface area contributed by atoms with Crippen molar-refractivity contribution in [1.82, 2.24) is 36.8 Å². The highest BCUT2D eigenvalue weighted by Gasteiger charge is 2.44. The van der Waals surface area contributed by atoms with E-state index in [9.17, 15) is 38.7 Å². The van der Waals surface area contributed by atoms with Crippen molar-refractivity contribution in [3.05, 3.63) is 35.9 Å². The Kier molecular flexibility index (Phi) is 14.7. The average molecular weight is 742 g/mol. The van der Waals surface area contributed by atoms with E-state index in [0.29, 0.717) is 24.8 Å². The summed E-state index contributed by atoms with van der Waals surface area (Å²) in [5.74, 6) is -4.79. The van der Waals surface area contributed by atoms with Gasteiger partial charge in [0.05, 0.1) is 18.6 Å². The molecule has 0 aromatic heterocycles. The number of hydrogen-bond acceptors (Lipinski definition) is 9. The molecule has 16 heteroatoms. The van der Waals surface area contributed by atoms with Gasteiger partial charge in [0.25, 0.3) is 0 Å². The Morgan fingerprint density at radius 3 is 2.25 bits per heavy atom. The van der Waals surface area contributed by atoms with Gasteiger partial charge in [-0.1, -0.05) is 50.6 Å². The lowest BCUT2D eigenvalue weighted by atomic mass is 9.98. The molecular weight excluding hydrogens is 686 g/mol. The maximum absolute atomic E-state index is 14.5. The number of aliphatic hydroxyl groups excluding tert-OH is 1. The Morgan fingerprint density at radius 1 is 0.887 bits per heavy atom. The van der Waals surface area contributed by atoms with Crippen molar-refractivity contribution in [2.75, 3.05) is 20.3 Å². The summed E-state index contributed by atoms with van der Waals surface area (Å²) >= 11 is 0. The van der Waals surface area contributed by atoms with Crippen LogP contribution >= 0.6 is 0 Å². The molecule has 7 amide bonds. The number of carbonyl (C=O) groups excluding carboxylic acids is 7. The third kappa shape index (κ3) is 11.2. The number of benzene rings is 1. The molecule has 1 aromatic rings. The van der Waals surface area contributed by atoms with Gasteiger partial charge in [-0.05, 0) is 51.0 Å². The summed E-state index contributed by atoms with van der Waals surface area (Å²) in [6.07, 6.45) is 0.541. The van der Waals surface area contributed by atoms with Crippen LogP contribution in [0.5, 0.6) is 0 Å². The average Bonchev–Trinajstić information content (AvgIpc) is 3.75. The number of hydrogen-bond donors (Lipinski definition) is 7. The van der Waals surface area contributed by atoms with Gasteiger partial charge in [0.15, 0.2) is 0 Å². The van der Waals surface area contributed by atoms with Crippen molar-refractivity contribution in [1.29, 1.82) is 0 Å². The van der Waals surface area contributed by atoms with Gasteiger partial charge in [-0.15, -0.1) is 0 Å². The third-order valence-corrected chi connectivity index (χ3v) is 10.0. The van der Waals surface area contributed by atoms with Crippen LogP contribution in [0.2, 0.25) is 0 Å². The van der Waals surface area contributed by atoms with Gasteiger partial charge in [0, 0.05) is 38.6 Å². The van der Waals surface area contributed by atoms with E-state index >= 15 is 0 Å². The minimum absolute atomic E-state index is 0.00475. The van der Waals surface area contributed by atoms with Crippen LogP contribution in [0.3, 0.4) is 0 Å². The minimum atomic E-state index is -1.51. The van der Waals surface area contributed by atoms with Gasteiger partial charge in [-0.2, -0.15) is 0 Å². The lowest BCUT2D eigenvalue weighted by Crippen LogP contribution is -2.61. The molecule has 0 radical (unpaired) electrons. The summed E-state index contributed by atoms with van der Waals surface area (Å²) in [6, 6.07) is 1.67. The summed E-state index contributed by atoms with van der Waals surface area (Å²) in [5, 5.41) is 27.3. The SMILES string of the molecule is COCCC(=O)N[C@@H]1CC2C(=O)N[C@@H](C)C(=O)N[C@@H]3CCC[C@H]3C(=O)N[C@@H](CC(C)C)C(=O)N[C@@H]([C@@H](C)O)C(=O)N[C@@H](Cc3ccccc3)C(=O)N2C1. The number of fused-ring (bicyclic) bond motifs is 2. The van der Waals surface area contributed by atoms with E-state index in [1.165, 1.54) is 25.9 Å². The molecule has 3 fully saturated rings. The number of carbonyl (C=O) groups is 7. The first kappa shape index (κ1) is 41.2. The van der Waals surface area contributed by atoms with Crippen LogP contribution in [0.4, 0.5) is 0 Å². The van der Waals surface area contributed by atoms with E-state index in [1.807, 2.05) is 13.8 Å². The second kappa shape index (κ2) is 19.0. The van der Waals surface area contributed by atoms with Gasteiger partial charge in [0.1, 0.15) is 30.2 Å². The van der Waals surface area contributed by atoms with Crippen molar-refractivity contribution < 1.29 is 43.4 Å². The van der Waals surface area contributed by atoms with Crippen molar-refractivity contribution in [3.8, 4) is 0 Å². The Hall–Kier alpha value is -4.57. The van der Waals surface area contributed by atoms with Crippen LogP contribution in [0, 0.1) is 11.8 Å². The molecule has 4 rings (SSSR count). The van der Waals surface area contributed by atoms with Crippen LogP contribution < -0.4 is 31.9 Å². The fraction of sp³-hybridized carbons (Fsp3) is 0.649. The van der Waals surface area contributed by atoms with Crippen molar-refractivity contribution >= 4 is 41.4 Å². The van der Waals surface area contributed by atoms with Crippen molar-refractivity contribution in [2.45, 2.75) is 121 Å². The molecule has 3 aliphatic rings. The molecular formula is C37H55N7O9. The highest BCUT2D eigenvalue weighted by Crippen LogP contribution is 2.27. The van der Waals surface area contributed by atoms with Crippen LogP contribution in [-0.4, -0.2) is 120 Å². The summed E-state index contributed by atoms with van der Waals surface area (Å²) < 4.78 is 5.01. The maximum atomic E-state index is 14.5. The number of rotatable bonds is 9. The highest BCUT2D eigenvalue weighted by molar-refractivity contribution is 5.97. The van der Waals surface area contributed by atoms with Gasteiger partial charge < -0.3 is 46.6 Å². The van der Waals surface area contributed by atoms with Gasteiger partial charge in [-0.3, -0.25) is 33.6 Å². The molecule has 53 heavy (non-hydrogen) atoms. The third-order valence-electron chi connectivity index (χ3n) is 10.0. The first-order chi connectivity index (χ1) is 25.2. The van der Waals surface area contributed by atoms with E-state index in [2.05, 4.69) is 31.9 Å². The predicted molar refractivity (Wildman–Crippen MR) is 192 cm³/mol. The topological polar surface area (TPSA) is 224 Å². The Balaban J connectivity index is 1.73. The molecule has 1 saturated carbocycles. The summed E-state index contributed by atoms with van der Waals surface area (Å²) in [7, 11) is 1.47. The van der Waals surface area contributed by atoms with E-state index in [4.69, 9.17) is 4.74 Å². The predicted octanol–water partition coefficient (Wildman–Crippen LogP) is -0.964. The molecule has 2 aliphatic heterocycles. The fourth-order valence-corrected chi connectivity index (χ4v) is 7.21. The molecule has 2 heterocycles. The molecule has 0 bridgehead atoms. The highest BCUT2D eigenvalue weighted by atomic mass is 16.5. The largest absolute Gasteiger partial charge is 0.391 e. The number of nitrogens with one attached hydrogen (secondary N) is 6. The number of amides is 7. The first-order valence-electron chi connectivity index (χ1n) is 18.5. The van der Waals surface area contributed by atoms with Gasteiger partial charge in [-0.25, -0.2) is 0 Å². The van der Waals surface area contributed by atoms with Crippen molar-refractivity contribution in [2.24, 2.45) is 11.8 Å². The molecule has 9 atom stereocenters. The first-order valence-corrected chi connectivity index (χ1v) is 18.5. The second-order valence-corrected chi connectivity index (χ2v) is 14.8. The zero-order chi connectivity index (χ0) is 38.8. The fourth-order valence-electron chi connectivity index (χ4n) is 7.21.